The summed E-state index contributed by atoms with van der Waals surface area (Å²) in [6.45, 7) is 2.77. The third-order valence-corrected chi connectivity index (χ3v) is 15.6. The van der Waals surface area contributed by atoms with Gasteiger partial charge in [-0.3, -0.25) is 0 Å². The summed E-state index contributed by atoms with van der Waals surface area (Å²) in [4.78, 5) is 18.3. The molecule has 9 rings (SSSR count). The molecule has 0 amide bonds. The first-order valence-corrected chi connectivity index (χ1v) is 28.9. The van der Waals surface area contributed by atoms with Crippen molar-refractivity contribution < 1.29 is 58.0 Å². The monoisotopic (exact) mass is 1140 g/mol. The lowest BCUT2D eigenvalue weighted by molar-refractivity contribution is 0.267. The predicted molar refractivity (Wildman–Crippen MR) is 334 cm³/mol. The van der Waals surface area contributed by atoms with Crippen LogP contribution in [0.2, 0.25) is 0 Å². The summed E-state index contributed by atoms with van der Waals surface area (Å²) in [5.74, 6) is 2.16. The van der Waals surface area contributed by atoms with Gasteiger partial charge in [-0.05, 0) is 126 Å². The maximum absolute atomic E-state index is 11.2. The number of hydrogen-bond donors (Lipinski definition) is 5. The van der Waals surface area contributed by atoms with Crippen LogP contribution in [0.25, 0.3) is 90.9 Å². The molecule has 0 aliphatic carbocycles. The molecule has 16 heteroatoms. The van der Waals surface area contributed by atoms with E-state index in [0.29, 0.717) is 113 Å². The molecule has 7 aromatic rings. The molecule has 442 valence electrons. The smallest absolute Gasteiger partial charge is 0.203 e. The Morgan fingerprint density at radius 3 is 0.821 bits per heavy atom. The van der Waals surface area contributed by atoms with Crippen molar-refractivity contribution in [2.24, 2.45) is 0 Å². The van der Waals surface area contributed by atoms with E-state index in [2.05, 4.69) is 16.9 Å². The zero-order chi connectivity index (χ0) is 59.3. The Hall–Kier alpha value is -8.92. The molecule has 0 unspecified atom stereocenters. The van der Waals surface area contributed by atoms with E-state index in [4.69, 9.17) is 52.6 Å². The van der Waals surface area contributed by atoms with E-state index in [9.17, 15) is 15.3 Å². The molecule has 0 atom stereocenters. The zero-order valence-electron chi connectivity index (χ0n) is 49.8. The highest BCUT2D eigenvalue weighted by Crippen LogP contribution is 2.49. The number of phenols is 3. The molecule has 5 heterocycles. The lowest BCUT2D eigenvalue weighted by Gasteiger charge is -2.17. The number of aromatic nitrogens is 4. The minimum absolute atomic E-state index is 0.154. The Morgan fingerprint density at radius 2 is 0.571 bits per heavy atom. The third kappa shape index (κ3) is 12.8. The lowest BCUT2D eigenvalue weighted by atomic mass is 10.0. The van der Waals surface area contributed by atoms with Gasteiger partial charge in [0.25, 0.3) is 0 Å². The molecule has 5 N–H and O–H groups in total. The molecule has 8 bridgehead atoms. The largest absolute Gasteiger partial charge is 0.502 e. The van der Waals surface area contributed by atoms with Gasteiger partial charge in [0.1, 0.15) is 0 Å². The van der Waals surface area contributed by atoms with Crippen molar-refractivity contribution in [2.75, 3.05) is 63.5 Å². The van der Waals surface area contributed by atoms with E-state index in [1.54, 1.807) is 50.6 Å². The maximum Gasteiger partial charge on any atom is 0.203 e. The van der Waals surface area contributed by atoms with Crippen LogP contribution in [0.1, 0.15) is 120 Å². The lowest BCUT2D eigenvalue weighted by Crippen LogP contribution is -2.02. The van der Waals surface area contributed by atoms with Gasteiger partial charge in [-0.15, -0.1) is 0 Å². The summed E-state index contributed by atoms with van der Waals surface area (Å²) < 4.78 is 53.1. The fourth-order valence-electron chi connectivity index (χ4n) is 11.2. The van der Waals surface area contributed by atoms with E-state index in [1.807, 2.05) is 60.7 Å². The normalized spacial score (nSPS) is 11.7. The molecule has 0 saturated carbocycles. The van der Waals surface area contributed by atoms with Crippen LogP contribution in [0, 0.1) is 0 Å². The van der Waals surface area contributed by atoms with Gasteiger partial charge in [-0.25, -0.2) is 9.97 Å². The molecule has 84 heavy (non-hydrogen) atoms. The average Bonchev–Trinajstić information content (AvgIpc) is 3.23. The Kier molecular flexibility index (Phi) is 19.8. The number of hydrogen-bond acceptors (Lipinski definition) is 14. The Morgan fingerprint density at radius 1 is 0.333 bits per heavy atom. The van der Waals surface area contributed by atoms with Crippen molar-refractivity contribution in [2.45, 2.75) is 96.8 Å². The number of nitrogens with zero attached hydrogens (tertiary/aromatic N) is 2. The fraction of sp³-hybridized carbons (Fsp3) is 0.353. The number of benzene rings is 4. The van der Waals surface area contributed by atoms with Gasteiger partial charge in [0.05, 0.1) is 86.3 Å². The average molecular weight is 1140 g/mol. The molecular weight excluding hydrogens is 1060 g/mol. The van der Waals surface area contributed by atoms with Gasteiger partial charge >= 0.3 is 0 Å². The summed E-state index contributed by atoms with van der Waals surface area (Å²) in [7, 11) is 12.1. The number of aromatic amines is 2. The highest BCUT2D eigenvalue weighted by atomic mass is 16.5. The molecule has 0 fully saturated rings. The first-order chi connectivity index (χ1) is 41.0. The molecule has 0 radical (unpaired) electrons. The number of H-pyrrole nitrogens is 2. The van der Waals surface area contributed by atoms with Crippen LogP contribution >= 0.6 is 0 Å². The van der Waals surface area contributed by atoms with Crippen LogP contribution in [0.4, 0.5) is 0 Å². The second-order valence-electron chi connectivity index (χ2n) is 20.8. The Balaban J connectivity index is 1.23. The maximum atomic E-state index is 11.2. The molecular formula is C68H78N4O12. The van der Waals surface area contributed by atoms with Gasteiger partial charge in [0.2, 0.25) is 23.0 Å². The highest BCUT2D eigenvalue weighted by Gasteiger charge is 2.25. The minimum atomic E-state index is -0.161. The SMILES string of the molecule is CCCCCCCCCCCCCCCCOc1c(OC)cc(-c2c3nc(c(-c4cc(OC)c(O)c(OC)c4)c4ccc([nH]4)c(-c4cc(OC)c(O)c(OC)c4)c4nc(c(-c5cc(OC)c(O)c(OC)c5)c5ccc2[nH]5)C=C4)C=C3)cc1OC. The van der Waals surface area contributed by atoms with Crippen molar-refractivity contribution in [3.8, 4) is 114 Å². The topological polar surface area (TPSA) is 201 Å². The van der Waals surface area contributed by atoms with Crippen LogP contribution in [0.3, 0.4) is 0 Å². The molecule has 2 aliphatic heterocycles. The van der Waals surface area contributed by atoms with Crippen LogP contribution in [0.5, 0.6) is 69.0 Å². The molecule has 4 aromatic carbocycles. The van der Waals surface area contributed by atoms with Crippen LogP contribution in [-0.4, -0.2) is 98.7 Å². The third-order valence-electron chi connectivity index (χ3n) is 15.6. The Bertz CT molecular complexity index is 3550. The van der Waals surface area contributed by atoms with E-state index in [1.165, 1.54) is 113 Å². The summed E-state index contributed by atoms with van der Waals surface area (Å²) in [6.07, 6.45) is 25.5. The number of phenolic OH excluding ortho intramolecular Hbond substituents is 3. The van der Waals surface area contributed by atoms with Crippen molar-refractivity contribution in [1.82, 2.24) is 19.9 Å². The number of nitrogens with one attached hydrogen (secondary N) is 2. The first kappa shape index (κ1) is 59.7. The minimum Gasteiger partial charge on any atom is -0.502 e. The summed E-state index contributed by atoms with van der Waals surface area (Å²) in [6, 6.07) is 22.2. The van der Waals surface area contributed by atoms with E-state index >= 15 is 0 Å². The summed E-state index contributed by atoms with van der Waals surface area (Å²) >= 11 is 0. The molecule has 0 spiro atoms. The Labute approximate surface area is 491 Å². The van der Waals surface area contributed by atoms with Crippen LogP contribution in [-0.2, 0) is 0 Å². The quantitative estimate of drug-likeness (QED) is 0.0290. The summed E-state index contributed by atoms with van der Waals surface area (Å²) in [5.41, 5.74) is 10.0. The van der Waals surface area contributed by atoms with Crippen molar-refractivity contribution in [1.29, 1.82) is 0 Å². The molecule has 16 nitrogen and oxygen atoms in total. The number of methoxy groups -OCH3 is 8. The second-order valence-corrected chi connectivity index (χ2v) is 20.8. The first-order valence-electron chi connectivity index (χ1n) is 28.9. The van der Waals surface area contributed by atoms with Gasteiger partial charge in [0.15, 0.2) is 46.0 Å². The van der Waals surface area contributed by atoms with Crippen LogP contribution < -0.4 is 42.6 Å². The van der Waals surface area contributed by atoms with Gasteiger partial charge < -0.3 is 67.9 Å². The standard InChI is InChI=1S/C68H78N4O12/c1-10-11-12-13-14-15-16-17-18-19-20-21-22-23-32-84-68-59(82-8)39-44(40-60(68)83-9)64-51-30-28-49(71-51)62(42-35-55(78-4)66(74)56(36-42)79-5)47-26-24-45(69-47)61(41-33-53(76-2)65(73)54(34-41)77-3)46-25-27-48(70-46)63(50-29-31-52(64)72-50)43-37-57(80-6)67(75)58(38-43)81-7/h24-31,33-40,69,72-75H,10-23,32H2,1-9H3. The predicted octanol–water partition coefficient (Wildman–Crippen LogP) is 16.4. The number of unbranched alkanes of at least 4 members (excludes halogenated alkanes) is 13. The summed E-state index contributed by atoms with van der Waals surface area (Å²) in [5, 5.41) is 33.6. The fourth-order valence-corrected chi connectivity index (χ4v) is 11.2. The number of aromatic hydroxyl groups is 3. The second kappa shape index (κ2) is 27.9. The molecule has 2 aliphatic rings. The number of rotatable bonds is 28. The van der Waals surface area contributed by atoms with Gasteiger partial charge in [-0.2, -0.15) is 0 Å². The van der Waals surface area contributed by atoms with Gasteiger partial charge in [0, 0.05) is 44.3 Å². The zero-order valence-corrected chi connectivity index (χ0v) is 49.8. The van der Waals surface area contributed by atoms with Crippen LogP contribution in [0.15, 0.2) is 72.8 Å². The van der Waals surface area contributed by atoms with Crippen molar-refractivity contribution >= 4 is 46.4 Å². The van der Waals surface area contributed by atoms with Crippen molar-refractivity contribution in [3.63, 3.8) is 0 Å². The van der Waals surface area contributed by atoms with Crippen molar-refractivity contribution in [3.05, 3.63) is 95.6 Å². The van der Waals surface area contributed by atoms with E-state index < -0.39 is 0 Å². The highest BCUT2D eigenvalue weighted by molar-refractivity contribution is 6.01. The van der Waals surface area contributed by atoms with E-state index in [0.717, 1.165) is 19.3 Å². The number of fused-ring (bicyclic) bond motifs is 8. The molecule has 3 aromatic heterocycles. The van der Waals surface area contributed by atoms with Gasteiger partial charge in [-0.1, -0.05) is 90.4 Å². The number of ether oxygens (including phenoxy) is 9. The van der Waals surface area contributed by atoms with E-state index in [-0.39, 0.29) is 51.7 Å². The molecule has 0 saturated heterocycles.